The maximum atomic E-state index is 11.0. The fraction of sp³-hybridized carbons (Fsp3) is 0.200. The molecule has 1 heterocycles. The molecule has 0 aliphatic heterocycles. The highest BCUT2D eigenvalue weighted by Gasteiger charge is 2.09. The molecule has 0 spiro atoms. The zero-order valence-corrected chi connectivity index (χ0v) is 8.35. The van der Waals surface area contributed by atoms with E-state index in [9.17, 15) is 9.59 Å². The minimum atomic E-state index is -0.562. The third-order valence-electron chi connectivity index (χ3n) is 1.60. The maximum Gasteiger partial charge on any atom is 0.373 e. The van der Waals surface area contributed by atoms with Gasteiger partial charge < -0.3 is 13.9 Å². The molecule has 0 saturated carbocycles. The van der Waals surface area contributed by atoms with Crippen molar-refractivity contribution in [2.75, 3.05) is 14.2 Å². The Bertz CT molecular complexity index is 388. The number of esters is 2. The molecule has 1 aromatic heterocycles. The molecule has 0 aliphatic carbocycles. The van der Waals surface area contributed by atoms with Gasteiger partial charge in [0, 0.05) is 6.08 Å². The van der Waals surface area contributed by atoms with E-state index in [2.05, 4.69) is 9.47 Å². The fourth-order valence-electron chi connectivity index (χ4n) is 0.871. The van der Waals surface area contributed by atoms with Crippen molar-refractivity contribution in [1.29, 1.82) is 0 Å². The molecular weight excluding hydrogens is 200 g/mol. The topological polar surface area (TPSA) is 65.7 Å². The van der Waals surface area contributed by atoms with Gasteiger partial charge >= 0.3 is 11.9 Å². The molecule has 80 valence electrons. The zero-order chi connectivity index (χ0) is 11.3. The Balaban J connectivity index is 2.72. The standard InChI is InChI=1S/C10H10O5/c1-13-9(11)6-4-7-3-5-8(15-7)10(12)14-2/h3-6H,1-2H3/b6-4-. The molecule has 0 atom stereocenters. The first-order valence-electron chi connectivity index (χ1n) is 4.11. The molecule has 1 aromatic rings. The predicted octanol–water partition coefficient (Wildman–Crippen LogP) is 1.25. The van der Waals surface area contributed by atoms with E-state index >= 15 is 0 Å². The van der Waals surface area contributed by atoms with Gasteiger partial charge in [0.05, 0.1) is 14.2 Å². The van der Waals surface area contributed by atoms with Crippen LogP contribution in [0.5, 0.6) is 0 Å². The van der Waals surface area contributed by atoms with E-state index in [0.717, 1.165) is 0 Å². The highest BCUT2D eigenvalue weighted by Crippen LogP contribution is 2.10. The van der Waals surface area contributed by atoms with Crippen LogP contribution in [0.2, 0.25) is 0 Å². The number of hydrogen-bond donors (Lipinski definition) is 0. The van der Waals surface area contributed by atoms with Crippen molar-refractivity contribution >= 4 is 18.0 Å². The minimum absolute atomic E-state index is 0.0852. The zero-order valence-electron chi connectivity index (χ0n) is 8.35. The van der Waals surface area contributed by atoms with Crippen molar-refractivity contribution in [2.24, 2.45) is 0 Å². The largest absolute Gasteiger partial charge is 0.466 e. The normalized spacial score (nSPS) is 10.3. The Hall–Kier alpha value is -2.04. The quantitative estimate of drug-likeness (QED) is 0.555. The first kappa shape index (κ1) is 11.0. The van der Waals surface area contributed by atoms with Crippen molar-refractivity contribution in [3.63, 3.8) is 0 Å². The molecular formula is C10H10O5. The first-order valence-corrected chi connectivity index (χ1v) is 4.11. The first-order chi connectivity index (χ1) is 7.17. The number of ether oxygens (including phenoxy) is 2. The van der Waals surface area contributed by atoms with Gasteiger partial charge in [-0.15, -0.1) is 0 Å². The van der Waals surface area contributed by atoms with Crippen LogP contribution in [0.25, 0.3) is 6.08 Å². The van der Waals surface area contributed by atoms with Crippen LogP contribution in [-0.2, 0) is 14.3 Å². The number of carbonyl (C=O) groups is 2. The van der Waals surface area contributed by atoms with Crippen LogP contribution in [0.3, 0.4) is 0 Å². The molecule has 0 unspecified atom stereocenters. The smallest absolute Gasteiger partial charge is 0.373 e. The molecule has 0 bridgehead atoms. The summed E-state index contributed by atoms with van der Waals surface area (Å²) < 4.78 is 13.9. The lowest BCUT2D eigenvalue weighted by molar-refractivity contribution is -0.134. The van der Waals surface area contributed by atoms with Crippen molar-refractivity contribution in [2.45, 2.75) is 0 Å². The summed E-state index contributed by atoms with van der Waals surface area (Å²) in [6.07, 6.45) is 2.60. The summed E-state index contributed by atoms with van der Waals surface area (Å²) in [5.41, 5.74) is 0. The van der Waals surface area contributed by atoms with Gasteiger partial charge in [-0.05, 0) is 18.2 Å². The van der Waals surface area contributed by atoms with Crippen LogP contribution in [0, 0.1) is 0 Å². The van der Waals surface area contributed by atoms with Crippen molar-refractivity contribution in [3.8, 4) is 0 Å². The van der Waals surface area contributed by atoms with Gasteiger partial charge in [-0.1, -0.05) is 0 Å². The summed E-state index contributed by atoms with van der Waals surface area (Å²) in [5.74, 6) is -0.596. The molecule has 15 heavy (non-hydrogen) atoms. The van der Waals surface area contributed by atoms with E-state index in [-0.39, 0.29) is 5.76 Å². The lowest BCUT2D eigenvalue weighted by atomic mass is 10.4. The van der Waals surface area contributed by atoms with Gasteiger partial charge in [-0.3, -0.25) is 0 Å². The summed E-state index contributed by atoms with van der Waals surface area (Å²) in [6, 6.07) is 3.01. The van der Waals surface area contributed by atoms with Gasteiger partial charge in [0.2, 0.25) is 5.76 Å². The average Bonchev–Trinajstić information content (AvgIpc) is 2.73. The van der Waals surface area contributed by atoms with E-state index < -0.39 is 11.9 Å². The van der Waals surface area contributed by atoms with Crippen LogP contribution in [-0.4, -0.2) is 26.2 Å². The fourth-order valence-corrected chi connectivity index (χ4v) is 0.871. The lowest BCUT2D eigenvalue weighted by Gasteiger charge is -1.92. The Morgan fingerprint density at radius 3 is 2.60 bits per heavy atom. The second-order valence-corrected chi connectivity index (χ2v) is 2.55. The number of hydrogen-bond acceptors (Lipinski definition) is 5. The predicted molar refractivity (Wildman–Crippen MR) is 51.1 cm³/mol. The van der Waals surface area contributed by atoms with Crippen molar-refractivity contribution < 1.29 is 23.5 Å². The Morgan fingerprint density at radius 1 is 1.27 bits per heavy atom. The van der Waals surface area contributed by atoms with Gasteiger partial charge in [0.15, 0.2) is 0 Å². The molecule has 1 rings (SSSR count). The Kier molecular flexibility index (Phi) is 3.68. The molecule has 5 nitrogen and oxygen atoms in total. The molecule has 0 N–H and O–H groups in total. The van der Waals surface area contributed by atoms with Crippen molar-refractivity contribution in [3.05, 3.63) is 29.7 Å². The summed E-state index contributed by atoms with van der Waals surface area (Å²) >= 11 is 0. The summed E-state index contributed by atoms with van der Waals surface area (Å²) in [4.78, 5) is 21.7. The maximum absolute atomic E-state index is 11.0. The summed E-state index contributed by atoms with van der Waals surface area (Å²) in [5, 5.41) is 0. The van der Waals surface area contributed by atoms with E-state index in [1.165, 1.54) is 32.4 Å². The molecule has 5 heteroatoms. The van der Waals surface area contributed by atoms with Crippen LogP contribution in [0.15, 0.2) is 22.6 Å². The summed E-state index contributed by atoms with van der Waals surface area (Å²) in [7, 11) is 2.53. The van der Waals surface area contributed by atoms with Gasteiger partial charge in [0.1, 0.15) is 5.76 Å². The monoisotopic (exact) mass is 210 g/mol. The molecule has 0 amide bonds. The van der Waals surface area contributed by atoms with E-state index in [0.29, 0.717) is 5.76 Å². The van der Waals surface area contributed by atoms with E-state index in [1.807, 2.05) is 0 Å². The van der Waals surface area contributed by atoms with E-state index in [4.69, 9.17) is 4.42 Å². The number of carbonyl (C=O) groups excluding carboxylic acids is 2. The highest BCUT2D eigenvalue weighted by atomic mass is 16.5. The summed E-state index contributed by atoms with van der Waals surface area (Å²) in [6.45, 7) is 0. The second-order valence-electron chi connectivity index (χ2n) is 2.55. The SMILES string of the molecule is COC(=O)/C=C\c1ccc(C(=O)OC)o1. The molecule has 0 saturated heterocycles. The van der Waals surface area contributed by atoms with Gasteiger partial charge in [0.25, 0.3) is 0 Å². The van der Waals surface area contributed by atoms with Crippen LogP contribution in [0.4, 0.5) is 0 Å². The number of furan rings is 1. The Labute approximate surface area is 86.3 Å². The van der Waals surface area contributed by atoms with Gasteiger partial charge in [-0.2, -0.15) is 0 Å². The highest BCUT2D eigenvalue weighted by molar-refractivity contribution is 5.88. The van der Waals surface area contributed by atoms with Crippen LogP contribution in [0.1, 0.15) is 16.3 Å². The van der Waals surface area contributed by atoms with Crippen molar-refractivity contribution in [1.82, 2.24) is 0 Å². The van der Waals surface area contributed by atoms with Crippen LogP contribution >= 0.6 is 0 Å². The second kappa shape index (κ2) is 4.99. The molecule has 0 fully saturated rings. The third-order valence-corrected chi connectivity index (χ3v) is 1.60. The molecule has 0 aromatic carbocycles. The number of rotatable bonds is 3. The molecule has 0 radical (unpaired) electrons. The van der Waals surface area contributed by atoms with E-state index in [1.54, 1.807) is 6.07 Å². The lowest BCUT2D eigenvalue weighted by Crippen LogP contribution is -1.98. The third kappa shape index (κ3) is 2.98. The molecule has 0 aliphatic rings. The minimum Gasteiger partial charge on any atom is -0.466 e. The van der Waals surface area contributed by atoms with Crippen LogP contribution < -0.4 is 0 Å². The average molecular weight is 210 g/mol. The Morgan fingerprint density at radius 2 is 2.00 bits per heavy atom. The number of methoxy groups -OCH3 is 2. The van der Waals surface area contributed by atoms with Gasteiger partial charge in [-0.25, -0.2) is 9.59 Å².